The molecular formula is C12H10N4O2. The van der Waals surface area contributed by atoms with E-state index in [9.17, 15) is 0 Å². The fourth-order valence-electron chi connectivity index (χ4n) is 1.59. The molecule has 1 N–H and O–H groups in total. The fourth-order valence-corrected chi connectivity index (χ4v) is 1.59. The lowest BCUT2D eigenvalue weighted by molar-refractivity contribution is 0.414. The summed E-state index contributed by atoms with van der Waals surface area (Å²) in [7, 11) is 1.62. The van der Waals surface area contributed by atoms with Crippen LogP contribution in [0.3, 0.4) is 0 Å². The van der Waals surface area contributed by atoms with Crippen molar-refractivity contribution < 1.29 is 9.26 Å². The predicted octanol–water partition coefficient (Wildman–Crippen LogP) is 2.14. The summed E-state index contributed by atoms with van der Waals surface area (Å²) in [5, 5.41) is 10.5. The molecule has 3 rings (SSSR count). The number of methoxy groups -OCH3 is 1. The van der Waals surface area contributed by atoms with Crippen molar-refractivity contribution >= 4 is 0 Å². The highest BCUT2D eigenvalue weighted by Gasteiger charge is 2.11. The quantitative estimate of drug-likeness (QED) is 0.761. The third-order valence-corrected chi connectivity index (χ3v) is 2.49. The van der Waals surface area contributed by atoms with Crippen molar-refractivity contribution in [1.82, 2.24) is 20.3 Å². The second-order valence-corrected chi connectivity index (χ2v) is 3.63. The zero-order chi connectivity index (χ0) is 12.4. The van der Waals surface area contributed by atoms with Crippen molar-refractivity contribution in [3.63, 3.8) is 0 Å². The number of H-pyrrole nitrogens is 1. The third-order valence-electron chi connectivity index (χ3n) is 2.49. The van der Waals surface area contributed by atoms with Crippen LogP contribution >= 0.6 is 0 Å². The molecule has 0 radical (unpaired) electrons. The molecule has 0 aliphatic carbocycles. The Bertz CT molecular complexity index is 646. The van der Waals surface area contributed by atoms with Crippen LogP contribution in [0.5, 0.6) is 5.75 Å². The Balaban J connectivity index is 1.97. The number of aromatic nitrogens is 4. The van der Waals surface area contributed by atoms with E-state index in [4.69, 9.17) is 9.26 Å². The van der Waals surface area contributed by atoms with Crippen molar-refractivity contribution in [2.45, 2.75) is 0 Å². The molecule has 0 fully saturated rings. The van der Waals surface area contributed by atoms with Gasteiger partial charge in [-0.3, -0.25) is 5.10 Å². The van der Waals surface area contributed by atoms with Gasteiger partial charge in [-0.05, 0) is 18.2 Å². The minimum Gasteiger partial charge on any atom is -0.497 e. The van der Waals surface area contributed by atoms with Crippen molar-refractivity contribution in [3.05, 3.63) is 36.5 Å². The first-order chi connectivity index (χ1) is 8.86. The van der Waals surface area contributed by atoms with Gasteiger partial charge >= 0.3 is 0 Å². The van der Waals surface area contributed by atoms with Gasteiger partial charge in [0.2, 0.25) is 5.82 Å². The van der Waals surface area contributed by atoms with E-state index in [1.165, 1.54) is 0 Å². The summed E-state index contributed by atoms with van der Waals surface area (Å²) >= 11 is 0. The second kappa shape index (κ2) is 4.33. The van der Waals surface area contributed by atoms with Gasteiger partial charge in [-0.15, -0.1) is 0 Å². The average Bonchev–Trinajstić information content (AvgIpc) is 3.09. The Morgan fingerprint density at radius 2 is 2.22 bits per heavy atom. The van der Waals surface area contributed by atoms with Crippen LogP contribution in [0.1, 0.15) is 0 Å². The number of aromatic amines is 1. The number of benzene rings is 1. The number of rotatable bonds is 3. The van der Waals surface area contributed by atoms with Crippen molar-refractivity contribution in [3.8, 4) is 28.7 Å². The van der Waals surface area contributed by atoms with Crippen molar-refractivity contribution in [1.29, 1.82) is 0 Å². The molecule has 3 aromatic rings. The maximum absolute atomic E-state index is 5.16. The van der Waals surface area contributed by atoms with Gasteiger partial charge in [0, 0.05) is 11.8 Å². The van der Waals surface area contributed by atoms with E-state index in [1.807, 2.05) is 24.3 Å². The Morgan fingerprint density at radius 1 is 1.28 bits per heavy atom. The van der Waals surface area contributed by atoms with E-state index in [1.54, 1.807) is 19.4 Å². The van der Waals surface area contributed by atoms with Gasteiger partial charge in [0.15, 0.2) is 0 Å². The summed E-state index contributed by atoms with van der Waals surface area (Å²) in [6, 6.07) is 9.24. The molecule has 0 bridgehead atoms. The van der Waals surface area contributed by atoms with Crippen LogP contribution in [0.2, 0.25) is 0 Å². The molecule has 0 amide bonds. The lowest BCUT2D eigenvalue weighted by atomic mass is 10.2. The average molecular weight is 242 g/mol. The van der Waals surface area contributed by atoms with E-state index < -0.39 is 0 Å². The molecule has 0 spiro atoms. The molecule has 0 atom stereocenters. The van der Waals surface area contributed by atoms with Gasteiger partial charge in [-0.25, -0.2) is 0 Å². The lowest BCUT2D eigenvalue weighted by Crippen LogP contribution is -1.85. The predicted molar refractivity (Wildman–Crippen MR) is 63.9 cm³/mol. The summed E-state index contributed by atoms with van der Waals surface area (Å²) in [5.41, 5.74) is 1.53. The van der Waals surface area contributed by atoms with Crippen LogP contribution in [-0.2, 0) is 0 Å². The molecule has 6 nitrogen and oxygen atoms in total. The molecule has 0 saturated carbocycles. The Labute approximate surface area is 103 Å². The van der Waals surface area contributed by atoms with Crippen LogP contribution in [0.4, 0.5) is 0 Å². The molecule has 0 unspecified atom stereocenters. The zero-order valence-corrected chi connectivity index (χ0v) is 9.62. The highest BCUT2D eigenvalue weighted by molar-refractivity contribution is 5.59. The topological polar surface area (TPSA) is 76.8 Å². The number of hydrogen-bond donors (Lipinski definition) is 1. The van der Waals surface area contributed by atoms with E-state index in [0.29, 0.717) is 17.4 Å². The smallest absolute Gasteiger partial charge is 0.276 e. The molecule has 18 heavy (non-hydrogen) atoms. The van der Waals surface area contributed by atoms with E-state index in [2.05, 4.69) is 20.3 Å². The van der Waals surface area contributed by atoms with Crippen LogP contribution in [0.15, 0.2) is 41.1 Å². The van der Waals surface area contributed by atoms with Gasteiger partial charge in [-0.1, -0.05) is 17.3 Å². The van der Waals surface area contributed by atoms with Gasteiger partial charge in [0.1, 0.15) is 11.4 Å². The second-order valence-electron chi connectivity index (χ2n) is 3.63. The van der Waals surface area contributed by atoms with Crippen LogP contribution in [0, 0.1) is 0 Å². The van der Waals surface area contributed by atoms with Crippen LogP contribution in [0.25, 0.3) is 23.0 Å². The first-order valence-electron chi connectivity index (χ1n) is 5.35. The van der Waals surface area contributed by atoms with Crippen molar-refractivity contribution in [2.75, 3.05) is 7.11 Å². The number of nitrogens with one attached hydrogen (secondary N) is 1. The SMILES string of the molecule is COc1cccc(-c2noc(-c3ccn[nH]3)n2)c1. The minimum atomic E-state index is 0.408. The van der Waals surface area contributed by atoms with Gasteiger partial charge in [0.05, 0.1) is 7.11 Å². The third kappa shape index (κ3) is 1.84. The molecule has 6 heteroatoms. The summed E-state index contributed by atoms with van der Waals surface area (Å²) in [4.78, 5) is 4.29. The van der Waals surface area contributed by atoms with Gasteiger partial charge < -0.3 is 9.26 Å². The fraction of sp³-hybridized carbons (Fsp3) is 0.0833. The standard InChI is InChI=1S/C12H10N4O2/c1-17-9-4-2-3-8(7-9)11-14-12(18-16-11)10-5-6-13-15-10/h2-7H,1H3,(H,13,15). The zero-order valence-electron chi connectivity index (χ0n) is 9.62. The normalized spacial score (nSPS) is 10.5. The Kier molecular flexibility index (Phi) is 2.53. The molecule has 0 saturated heterocycles. The summed E-state index contributed by atoms with van der Waals surface area (Å²) in [6.45, 7) is 0. The lowest BCUT2D eigenvalue weighted by Gasteiger charge is -1.99. The van der Waals surface area contributed by atoms with E-state index in [-0.39, 0.29) is 0 Å². The molecule has 1 aromatic carbocycles. The van der Waals surface area contributed by atoms with Gasteiger partial charge in [-0.2, -0.15) is 10.1 Å². The molecule has 0 aliphatic rings. The summed E-state index contributed by atoms with van der Waals surface area (Å²) < 4.78 is 10.3. The first-order valence-corrected chi connectivity index (χ1v) is 5.35. The Morgan fingerprint density at radius 3 is 3.00 bits per heavy atom. The number of nitrogens with zero attached hydrogens (tertiary/aromatic N) is 3. The summed E-state index contributed by atoms with van der Waals surface area (Å²) in [5.74, 6) is 1.67. The van der Waals surface area contributed by atoms with E-state index >= 15 is 0 Å². The molecule has 0 aliphatic heterocycles. The highest BCUT2D eigenvalue weighted by atomic mass is 16.5. The first kappa shape index (κ1) is 10.5. The molecule has 2 aromatic heterocycles. The number of hydrogen-bond acceptors (Lipinski definition) is 5. The molecule has 90 valence electrons. The largest absolute Gasteiger partial charge is 0.497 e. The van der Waals surface area contributed by atoms with Crippen LogP contribution < -0.4 is 4.74 Å². The summed E-state index contributed by atoms with van der Waals surface area (Å²) in [6.07, 6.45) is 1.63. The van der Waals surface area contributed by atoms with E-state index in [0.717, 1.165) is 11.3 Å². The minimum absolute atomic E-state index is 0.408. The molecular weight excluding hydrogens is 232 g/mol. The van der Waals surface area contributed by atoms with Crippen LogP contribution in [-0.4, -0.2) is 27.4 Å². The maximum Gasteiger partial charge on any atom is 0.276 e. The molecule has 2 heterocycles. The number of ether oxygens (including phenoxy) is 1. The van der Waals surface area contributed by atoms with Crippen molar-refractivity contribution in [2.24, 2.45) is 0 Å². The van der Waals surface area contributed by atoms with Gasteiger partial charge in [0.25, 0.3) is 5.89 Å². The monoisotopic (exact) mass is 242 g/mol. The Hall–Kier alpha value is -2.63. The highest BCUT2D eigenvalue weighted by Crippen LogP contribution is 2.23. The maximum atomic E-state index is 5.16.